The number of hydrogen-bond donors (Lipinski definition) is 1. The SMILES string of the molecule is Cc1cc(C(C)O)cc(C)c1OCC(C)C. The zero-order valence-electron chi connectivity index (χ0n) is 10.9. The van der Waals surface area contributed by atoms with E-state index in [1.807, 2.05) is 26.0 Å². The molecule has 0 saturated heterocycles. The lowest BCUT2D eigenvalue weighted by Gasteiger charge is -2.16. The Bertz CT molecular complexity index is 331. The highest BCUT2D eigenvalue weighted by molar-refractivity contribution is 5.43. The minimum atomic E-state index is -0.420. The second kappa shape index (κ2) is 5.35. The predicted molar refractivity (Wildman–Crippen MR) is 66.9 cm³/mol. The second-order valence-corrected chi connectivity index (χ2v) is 4.86. The van der Waals surface area contributed by atoms with Gasteiger partial charge < -0.3 is 9.84 Å². The quantitative estimate of drug-likeness (QED) is 0.846. The van der Waals surface area contributed by atoms with Crippen LogP contribution >= 0.6 is 0 Å². The van der Waals surface area contributed by atoms with Crippen LogP contribution in [0.2, 0.25) is 0 Å². The molecule has 1 rings (SSSR count). The summed E-state index contributed by atoms with van der Waals surface area (Å²) in [6.45, 7) is 10.8. The molecule has 1 aromatic carbocycles. The lowest BCUT2D eigenvalue weighted by atomic mass is 10.0. The van der Waals surface area contributed by atoms with Crippen LogP contribution in [0.15, 0.2) is 12.1 Å². The van der Waals surface area contributed by atoms with Crippen LogP contribution in [0, 0.1) is 19.8 Å². The molecule has 0 aliphatic heterocycles. The Kier molecular flexibility index (Phi) is 4.36. The lowest BCUT2D eigenvalue weighted by molar-refractivity contribution is 0.199. The molecule has 16 heavy (non-hydrogen) atoms. The van der Waals surface area contributed by atoms with Crippen molar-refractivity contribution in [1.29, 1.82) is 0 Å². The average Bonchev–Trinajstić information content (AvgIpc) is 2.15. The zero-order valence-corrected chi connectivity index (χ0v) is 10.9. The molecule has 0 aliphatic carbocycles. The first kappa shape index (κ1) is 13.0. The molecular weight excluding hydrogens is 200 g/mol. The largest absolute Gasteiger partial charge is 0.493 e. The molecule has 2 nitrogen and oxygen atoms in total. The Morgan fingerprint density at radius 2 is 1.62 bits per heavy atom. The van der Waals surface area contributed by atoms with E-state index in [9.17, 15) is 5.11 Å². The van der Waals surface area contributed by atoms with Crippen molar-refractivity contribution >= 4 is 0 Å². The normalized spacial score (nSPS) is 12.9. The van der Waals surface area contributed by atoms with Crippen molar-refractivity contribution in [3.63, 3.8) is 0 Å². The molecule has 0 aromatic heterocycles. The third-order valence-corrected chi connectivity index (χ3v) is 2.53. The van der Waals surface area contributed by atoms with Gasteiger partial charge in [-0.15, -0.1) is 0 Å². The van der Waals surface area contributed by atoms with Gasteiger partial charge in [0, 0.05) is 0 Å². The molecule has 1 aromatic rings. The first-order chi connectivity index (χ1) is 7.41. The van der Waals surface area contributed by atoms with Gasteiger partial charge in [-0.25, -0.2) is 0 Å². The van der Waals surface area contributed by atoms with Gasteiger partial charge in [-0.2, -0.15) is 0 Å². The van der Waals surface area contributed by atoms with Crippen molar-refractivity contribution < 1.29 is 9.84 Å². The van der Waals surface area contributed by atoms with Gasteiger partial charge in [-0.3, -0.25) is 0 Å². The van der Waals surface area contributed by atoms with E-state index < -0.39 is 6.10 Å². The summed E-state index contributed by atoms with van der Waals surface area (Å²) in [4.78, 5) is 0. The molecule has 0 spiro atoms. The first-order valence-corrected chi connectivity index (χ1v) is 5.83. The van der Waals surface area contributed by atoms with Gasteiger partial charge in [0.1, 0.15) is 5.75 Å². The highest BCUT2D eigenvalue weighted by atomic mass is 16.5. The fraction of sp³-hybridized carbons (Fsp3) is 0.571. The van der Waals surface area contributed by atoms with Crippen molar-refractivity contribution in [2.75, 3.05) is 6.61 Å². The molecule has 90 valence electrons. The number of ether oxygens (including phenoxy) is 1. The van der Waals surface area contributed by atoms with E-state index in [4.69, 9.17) is 4.74 Å². The molecule has 2 heteroatoms. The monoisotopic (exact) mass is 222 g/mol. The Labute approximate surface area is 98.3 Å². The number of aryl methyl sites for hydroxylation is 2. The Morgan fingerprint density at radius 1 is 1.12 bits per heavy atom. The number of aliphatic hydroxyl groups is 1. The maximum Gasteiger partial charge on any atom is 0.125 e. The van der Waals surface area contributed by atoms with Gasteiger partial charge in [-0.05, 0) is 55.5 Å². The van der Waals surface area contributed by atoms with Crippen molar-refractivity contribution in [1.82, 2.24) is 0 Å². The molecule has 0 aliphatic rings. The van der Waals surface area contributed by atoms with Gasteiger partial charge in [0.2, 0.25) is 0 Å². The van der Waals surface area contributed by atoms with Crippen LogP contribution in [0.25, 0.3) is 0 Å². The minimum absolute atomic E-state index is 0.420. The third kappa shape index (κ3) is 3.24. The maximum atomic E-state index is 9.54. The van der Waals surface area contributed by atoms with E-state index in [0.717, 1.165) is 29.0 Å². The summed E-state index contributed by atoms with van der Waals surface area (Å²) in [7, 11) is 0. The fourth-order valence-electron chi connectivity index (χ4n) is 1.70. The van der Waals surface area contributed by atoms with Crippen LogP contribution in [-0.2, 0) is 0 Å². The lowest BCUT2D eigenvalue weighted by Crippen LogP contribution is -2.07. The average molecular weight is 222 g/mol. The van der Waals surface area contributed by atoms with Crippen molar-refractivity contribution in [2.45, 2.75) is 40.7 Å². The summed E-state index contributed by atoms with van der Waals surface area (Å²) in [5.74, 6) is 1.48. The van der Waals surface area contributed by atoms with Crippen LogP contribution in [0.3, 0.4) is 0 Å². The highest BCUT2D eigenvalue weighted by Gasteiger charge is 2.09. The van der Waals surface area contributed by atoms with E-state index in [2.05, 4.69) is 13.8 Å². The molecule has 0 bridgehead atoms. The number of rotatable bonds is 4. The van der Waals surface area contributed by atoms with E-state index in [1.165, 1.54) is 0 Å². The summed E-state index contributed by atoms with van der Waals surface area (Å²) in [5.41, 5.74) is 3.14. The van der Waals surface area contributed by atoms with Crippen LogP contribution in [-0.4, -0.2) is 11.7 Å². The molecular formula is C14H22O2. The molecule has 0 heterocycles. The van der Waals surface area contributed by atoms with E-state index >= 15 is 0 Å². The Hall–Kier alpha value is -1.02. The smallest absolute Gasteiger partial charge is 0.125 e. The maximum absolute atomic E-state index is 9.54. The van der Waals surface area contributed by atoms with Crippen molar-refractivity contribution in [2.24, 2.45) is 5.92 Å². The van der Waals surface area contributed by atoms with Gasteiger partial charge in [0.05, 0.1) is 12.7 Å². The fourth-order valence-corrected chi connectivity index (χ4v) is 1.70. The van der Waals surface area contributed by atoms with E-state index in [1.54, 1.807) is 6.92 Å². The van der Waals surface area contributed by atoms with Crippen LogP contribution in [0.4, 0.5) is 0 Å². The second-order valence-electron chi connectivity index (χ2n) is 4.86. The molecule has 1 unspecified atom stereocenters. The van der Waals surface area contributed by atoms with Gasteiger partial charge >= 0.3 is 0 Å². The van der Waals surface area contributed by atoms with Gasteiger partial charge in [0.25, 0.3) is 0 Å². The molecule has 0 amide bonds. The summed E-state index contributed by atoms with van der Waals surface area (Å²) in [6, 6.07) is 3.99. The topological polar surface area (TPSA) is 29.5 Å². The predicted octanol–water partition coefficient (Wildman–Crippen LogP) is 3.39. The standard InChI is InChI=1S/C14H22O2/c1-9(2)8-16-14-10(3)6-13(12(5)15)7-11(14)4/h6-7,9,12,15H,8H2,1-5H3. The molecule has 1 N–H and O–H groups in total. The summed E-state index contributed by atoms with van der Waals surface area (Å²) in [5, 5.41) is 9.54. The van der Waals surface area contributed by atoms with Crippen molar-refractivity contribution in [3.8, 4) is 5.75 Å². The summed E-state index contributed by atoms with van der Waals surface area (Å²) in [6.07, 6.45) is -0.420. The molecule has 0 fully saturated rings. The Balaban J connectivity index is 2.94. The number of benzene rings is 1. The summed E-state index contributed by atoms with van der Waals surface area (Å²) >= 11 is 0. The van der Waals surface area contributed by atoms with E-state index in [-0.39, 0.29) is 0 Å². The van der Waals surface area contributed by atoms with Crippen molar-refractivity contribution in [3.05, 3.63) is 28.8 Å². The first-order valence-electron chi connectivity index (χ1n) is 5.83. The van der Waals surface area contributed by atoms with Gasteiger partial charge in [0.15, 0.2) is 0 Å². The number of aliphatic hydroxyl groups excluding tert-OH is 1. The van der Waals surface area contributed by atoms with Crippen LogP contribution < -0.4 is 4.74 Å². The zero-order chi connectivity index (χ0) is 12.3. The Morgan fingerprint density at radius 3 is 2.00 bits per heavy atom. The minimum Gasteiger partial charge on any atom is -0.493 e. The molecule has 1 atom stereocenters. The molecule has 0 saturated carbocycles. The highest BCUT2D eigenvalue weighted by Crippen LogP contribution is 2.27. The van der Waals surface area contributed by atoms with Crippen LogP contribution in [0.5, 0.6) is 5.75 Å². The van der Waals surface area contributed by atoms with E-state index in [0.29, 0.717) is 5.92 Å². The van der Waals surface area contributed by atoms with Crippen LogP contribution in [0.1, 0.15) is 43.6 Å². The third-order valence-electron chi connectivity index (χ3n) is 2.53. The van der Waals surface area contributed by atoms with Gasteiger partial charge in [-0.1, -0.05) is 13.8 Å². The number of hydrogen-bond acceptors (Lipinski definition) is 2. The molecule has 0 radical (unpaired) electrons. The summed E-state index contributed by atoms with van der Waals surface area (Å²) < 4.78 is 5.78.